The second-order valence-corrected chi connectivity index (χ2v) is 7.92. The number of ether oxygens (including phenoxy) is 1. The van der Waals surface area contributed by atoms with E-state index in [1.807, 2.05) is 0 Å². The molecular formula is C24H32N2O5. The molecule has 168 valence electrons. The van der Waals surface area contributed by atoms with Crippen molar-refractivity contribution in [1.82, 2.24) is 10.2 Å². The van der Waals surface area contributed by atoms with Gasteiger partial charge in [0, 0.05) is 38.1 Å². The second-order valence-electron chi connectivity index (χ2n) is 7.92. The van der Waals surface area contributed by atoms with E-state index < -0.39 is 11.9 Å². The van der Waals surface area contributed by atoms with Gasteiger partial charge in [0.2, 0.25) is 0 Å². The molecule has 0 radical (unpaired) electrons. The highest BCUT2D eigenvalue weighted by Gasteiger charge is 2.22. The summed E-state index contributed by atoms with van der Waals surface area (Å²) < 4.78 is 5.93. The lowest BCUT2D eigenvalue weighted by Crippen LogP contribution is -2.43. The first-order chi connectivity index (χ1) is 14.8. The molecule has 1 saturated heterocycles. The molecule has 2 aromatic carbocycles. The molecule has 0 amide bonds. The third kappa shape index (κ3) is 8.03. The van der Waals surface area contributed by atoms with Crippen LogP contribution in [0.25, 0.3) is 0 Å². The van der Waals surface area contributed by atoms with Gasteiger partial charge < -0.3 is 25.2 Å². The van der Waals surface area contributed by atoms with Crippen molar-refractivity contribution in [3.05, 3.63) is 65.7 Å². The van der Waals surface area contributed by atoms with Crippen LogP contribution >= 0.6 is 0 Å². The fraction of sp³-hybridized carbons (Fsp3) is 0.417. The lowest BCUT2D eigenvalue weighted by Gasteiger charge is -2.27. The molecule has 0 bridgehead atoms. The van der Waals surface area contributed by atoms with Gasteiger partial charge in [-0.1, -0.05) is 56.3 Å². The Balaban J connectivity index is 0.000000501. The van der Waals surface area contributed by atoms with Crippen molar-refractivity contribution in [2.24, 2.45) is 0 Å². The molecule has 0 unspecified atom stereocenters. The molecule has 31 heavy (non-hydrogen) atoms. The number of nitrogens with zero attached hydrogens (tertiary/aromatic N) is 1. The molecule has 0 saturated carbocycles. The van der Waals surface area contributed by atoms with Gasteiger partial charge in [-0.05, 0) is 29.7 Å². The Kier molecular flexibility index (Phi) is 9.49. The van der Waals surface area contributed by atoms with Crippen LogP contribution in [0.2, 0.25) is 0 Å². The van der Waals surface area contributed by atoms with Crippen molar-refractivity contribution in [2.75, 3.05) is 39.3 Å². The molecule has 0 aromatic heterocycles. The van der Waals surface area contributed by atoms with Crippen molar-refractivity contribution < 1.29 is 24.5 Å². The first kappa shape index (κ1) is 24.4. The highest BCUT2D eigenvalue weighted by molar-refractivity contribution is 6.27. The fourth-order valence-corrected chi connectivity index (χ4v) is 3.40. The lowest BCUT2D eigenvalue weighted by molar-refractivity contribution is -0.159. The van der Waals surface area contributed by atoms with Crippen LogP contribution in [0, 0.1) is 0 Å². The monoisotopic (exact) mass is 428 g/mol. The number of aliphatic carboxylic acids is 2. The molecule has 7 nitrogen and oxygen atoms in total. The summed E-state index contributed by atoms with van der Waals surface area (Å²) in [7, 11) is 0. The van der Waals surface area contributed by atoms with E-state index in [4.69, 9.17) is 24.5 Å². The number of piperazine rings is 1. The molecule has 1 aliphatic rings. The van der Waals surface area contributed by atoms with Gasteiger partial charge in [0.15, 0.2) is 0 Å². The number of benzene rings is 2. The average Bonchev–Trinajstić information content (AvgIpc) is 2.79. The largest absolute Gasteiger partial charge is 0.494 e. The van der Waals surface area contributed by atoms with Crippen molar-refractivity contribution in [3.8, 4) is 5.75 Å². The molecule has 0 atom stereocenters. The summed E-state index contributed by atoms with van der Waals surface area (Å²) in [6, 6.07) is 19.3. The summed E-state index contributed by atoms with van der Waals surface area (Å²) in [5, 5.41) is 18.2. The maximum absolute atomic E-state index is 9.10. The maximum Gasteiger partial charge on any atom is 0.414 e. The maximum atomic E-state index is 9.10. The van der Waals surface area contributed by atoms with Crippen LogP contribution in [-0.2, 0) is 15.0 Å². The number of nitrogens with one attached hydrogen (secondary N) is 1. The predicted molar refractivity (Wildman–Crippen MR) is 120 cm³/mol. The predicted octanol–water partition coefficient (Wildman–Crippen LogP) is 2.84. The Labute approximate surface area is 183 Å². The fourth-order valence-electron chi connectivity index (χ4n) is 3.40. The minimum atomic E-state index is -1.82. The van der Waals surface area contributed by atoms with Gasteiger partial charge in [-0.15, -0.1) is 0 Å². The molecule has 0 spiro atoms. The van der Waals surface area contributed by atoms with Gasteiger partial charge in [0.05, 0.1) is 6.61 Å². The highest BCUT2D eigenvalue weighted by Crippen LogP contribution is 2.32. The van der Waals surface area contributed by atoms with Gasteiger partial charge in [-0.3, -0.25) is 0 Å². The molecule has 1 heterocycles. The SMILES string of the molecule is CC(C)(c1ccccc1)c1ccc(OCCCN2CCNCC2)cc1.O=C(O)C(=O)O. The number of rotatable bonds is 7. The van der Waals surface area contributed by atoms with E-state index in [9.17, 15) is 0 Å². The zero-order chi connectivity index (χ0) is 22.7. The quantitative estimate of drug-likeness (QED) is 0.461. The molecule has 1 fully saturated rings. The van der Waals surface area contributed by atoms with Gasteiger partial charge in [0.1, 0.15) is 5.75 Å². The van der Waals surface area contributed by atoms with Crippen LogP contribution in [0.5, 0.6) is 5.75 Å². The van der Waals surface area contributed by atoms with Crippen molar-refractivity contribution in [1.29, 1.82) is 0 Å². The molecular weight excluding hydrogens is 396 g/mol. The van der Waals surface area contributed by atoms with Crippen LogP contribution in [-0.4, -0.2) is 66.4 Å². The van der Waals surface area contributed by atoms with Crippen molar-refractivity contribution >= 4 is 11.9 Å². The third-order valence-electron chi connectivity index (χ3n) is 5.35. The van der Waals surface area contributed by atoms with E-state index in [0.717, 1.165) is 51.5 Å². The van der Waals surface area contributed by atoms with Gasteiger partial charge in [-0.2, -0.15) is 0 Å². The minimum Gasteiger partial charge on any atom is -0.494 e. The van der Waals surface area contributed by atoms with E-state index in [-0.39, 0.29) is 5.41 Å². The van der Waals surface area contributed by atoms with Crippen molar-refractivity contribution in [2.45, 2.75) is 25.7 Å². The molecule has 0 aliphatic carbocycles. The van der Waals surface area contributed by atoms with E-state index in [2.05, 4.69) is 78.7 Å². The van der Waals surface area contributed by atoms with E-state index in [1.165, 1.54) is 11.1 Å². The average molecular weight is 429 g/mol. The van der Waals surface area contributed by atoms with Crippen LogP contribution in [0.3, 0.4) is 0 Å². The minimum absolute atomic E-state index is 0.00207. The molecule has 3 N–H and O–H groups in total. The number of carbonyl (C=O) groups is 2. The molecule has 3 rings (SSSR count). The Bertz CT molecular complexity index is 804. The number of carboxylic acid groups (broad SMARTS) is 2. The Morgan fingerprint density at radius 1 is 0.935 bits per heavy atom. The summed E-state index contributed by atoms with van der Waals surface area (Å²) in [4.78, 5) is 20.7. The molecule has 2 aromatic rings. The van der Waals surface area contributed by atoms with E-state index in [0.29, 0.717) is 0 Å². The van der Waals surface area contributed by atoms with Crippen LogP contribution in [0.4, 0.5) is 0 Å². The summed E-state index contributed by atoms with van der Waals surface area (Å²) in [5.41, 5.74) is 2.65. The van der Waals surface area contributed by atoms with E-state index in [1.54, 1.807) is 0 Å². The lowest BCUT2D eigenvalue weighted by atomic mass is 9.78. The van der Waals surface area contributed by atoms with Crippen LogP contribution < -0.4 is 10.1 Å². The number of carboxylic acids is 2. The Hall–Kier alpha value is -2.90. The van der Waals surface area contributed by atoms with Gasteiger partial charge >= 0.3 is 11.9 Å². The topological polar surface area (TPSA) is 99.1 Å². The Morgan fingerprint density at radius 2 is 1.48 bits per heavy atom. The summed E-state index contributed by atoms with van der Waals surface area (Å²) in [6.07, 6.45) is 1.08. The van der Waals surface area contributed by atoms with Gasteiger partial charge in [0.25, 0.3) is 0 Å². The molecule has 1 aliphatic heterocycles. The first-order valence-corrected chi connectivity index (χ1v) is 10.5. The highest BCUT2D eigenvalue weighted by atomic mass is 16.5. The smallest absolute Gasteiger partial charge is 0.414 e. The zero-order valence-corrected chi connectivity index (χ0v) is 18.2. The Morgan fingerprint density at radius 3 is 2.03 bits per heavy atom. The van der Waals surface area contributed by atoms with E-state index >= 15 is 0 Å². The van der Waals surface area contributed by atoms with Crippen LogP contribution in [0.15, 0.2) is 54.6 Å². The number of hydrogen-bond donors (Lipinski definition) is 3. The third-order valence-corrected chi connectivity index (χ3v) is 5.35. The standard InChI is InChI=1S/C22H30N2O.C2H2O4/c1-22(2,19-7-4-3-5-8-19)20-9-11-21(12-10-20)25-18-6-15-24-16-13-23-14-17-24;3-1(4)2(5)6/h3-5,7-12,23H,6,13-18H2,1-2H3;(H,3,4)(H,5,6). The van der Waals surface area contributed by atoms with Crippen LogP contribution in [0.1, 0.15) is 31.4 Å². The second kappa shape index (κ2) is 12.1. The van der Waals surface area contributed by atoms with Gasteiger partial charge in [-0.25, -0.2) is 9.59 Å². The summed E-state index contributed by atoms with van der Waals surface area (Å²) in [6.45, 7) is 11.0. The molecule has 7 heteroatoms. The number of hydrogen-bond acceptors (Lipinski definition) is 5. The van der Waals surface area contributed by atoms with Crippen molar-refractivity contribution in [3.63, 3.8) is 0 Å². The zero-order valence-electron chi connectivity index (χ0n) is 18.2. The summed E-state index contributed by atoms with van der Waals surface area (Å²) >= 11 is 0. The summed E-state index contributed by atoms with van der Waals surface area (Å²) in [5.74, 6) is -2.68. The normalized spacial score (nSPS) is 14.3. The first-order valence-electron chi connectivity index (χ1n) is 10.5.